The number of Topliss-reactive ketones (excluding diaryl/α,β-unsaturated/α-hetero) is 1. The Kier molecular flexibility index (Phi) is 6.63. The predicted molar refractivity (Wildman–Crippen MR) is 89.4 cm³/mol. The highest BCUT2D eigenvalue weighted by atomic mass is 19.4. The monoisotopic (exact) mass is 368 g/mol. The molecule has 0 aliphatic rings. The van der Waals surface area contributed by atoms with Crippen LogP contribution < -0.4 is 9.47 Å². The fourth-order valence-corrected chi connectivity index (χ4v) is 2.25. The fourth-order valence-electron chi connectivity index (χ4n) is 2.25. The summed E-state index contributed by atoms with van der Waals surface area (Å²) >= 11 is 0. The van der Waals surface area contributed by atoms with Crippen molar-refractivity contribution in [3.8, 4) is 11.5 Å². The number of aliphatic hydroxyl groups excluding tert-OH is 1. The number of benzene rings is 2. The summed E-state index contributed by atoms with van der Waals surface area (Å²) in [6.45, 7) is 1.56. The number of carbonyl (C=O) groups is 1. The fraction of sp³-hybridized carbons (Fsp3) is 0.316. The van der Waals surface area contributed by atoms with Gasteiger partial charge in [-0.1, -0.05) is 12.1 Å². The van der Waals surface area contributed by atoms with E-state index in [9.17, 15) is 18.0 Å². The van der Waals surface area contributed by atoms with Crippen molar-refractivity contribution < 1.29 is 32.5 Å². The van der Waals surface area contributed by atoms with Crippen LogP contribution in [-0.2, 0) is 12.8 Å². The van der Waals surface area contributed by atoms with E-state index in [1.54, 1.807) is 12.1 Å². The molecule has 0 heterocycles. The lowest BCUT2D eigenvalue weighted by molar-refractivity contribution is -0.137. The van der Waals surface area contributed by atoms with E-state index in [0.717, 1.165) is 12.1 Å². The van der Waals surface area contributed by atoms with Crippen molar-refractivity contribution in [3.63, 3.8) is 0 Å². The molecule has 0 fully saturated rings. The number of rotatable bonds is 8. The van der Waals surface area contributed by atoms with Crippen LogP contribution in [0.15, 0.2) is 42.5 Å². The van der Waals surface area contributed by atoms with Gasteiger partial charge in [-0.2, -0.15) is 13.2 Å². The lowest BCUT2D eigenvalue weighted by atomic mass is 10.1. The van der Waals surface area contributed by atoms with Crippen molar-refractivity contribution in [2.24, 2.45) is 0 Å². The molecule has 0 saturated carbocycles. The minimum Gasteiger partial charge on any atom is -0.493 e. The van der Waals surface area contributed by atoms with E-state index >= 15 is 0 Å². The molecule has 0 bridgehead atoms. The molecule has 0 saturated heterocycles. The Morgan fingerprint density at radius 1 is 1.12 bits per heavy atom. The number of carbonyl (C=O) groups excluding carboxylic acids is 1. The lowest BCUT2D eigenvalue weighted by Gasteiger charge is -2.13. The van der Waals surface area contributed by atoms with Gasteiger partial charge >= 0.3 is 6.18 Å². The smallest absolute Gasteiger partial charge is 0.416 e. The quantitative estimate of drug-likeness (QED) is 0.559. The number of halogens is 3. The highest BCUT2D eigenvalue weighted by Crippen LogP contribution is 2.30. The SMILES string of the molecule is CC(=O)c1cc(OCc2cccc(C(F)(F)F)c2)ccc1OCCCO. The maximum atomic E-state index is 12.7. The third-order valence-electron chi connectivity index (χ3n) is 3.55. The zero-order valence-electron chi connectivity index (χ0n) is 14.2. The first-order valence-corrected chi connectivity index (χ1v) is 7.99. The molecule has 0 radical (unpaired) electrons. The van der Waals surface area contributed by atoms with Crippen LogP contribution in [0.25, 0.3) is 0 Å². The third-order valence-corrected chi connectivity index (χ3v) is 3.55. The molecule has 0 aromatic heterocycles. The lowest BCUT2D eigenvalue weighted by Crippen LogP contribution is -2.07. The average molecular weight is 368 g/mol. The van der Waals surface area contributed by atoms with Gasteiger partial charge in [-0.25, -0.2) is 0 Å². The maximum Gasteiger partial charge on any atom is 0.416 e. The average Bonchev–Trinajstić information content (AvgIpc) is 2.60. The van der Waals surface area contributed by atoms with Gasteiger partial charge in [-0.3, -0.25) is 4.79 Å². The number of alkyl halides is 3. The zero-order valence-corrected chi connectivity index (χ0v) is 14.2. The van der Waals surface area contributed by atoms with Crippen molar-refractivity contribution >= 4 is 5.78 Å². The second-order valence-corrected chi connectivity index (χ2v) is 5.63. The summed E-state index contributed by atoms with van der Waals surface area (Å²) in [5, 5.41) is 8.78. The van der Waals surface area contributed by atoms with Crippen LogP contribution in [-0.4, -0.2) is 24.1 Å². The topological polar surface area (TPSA) is 55.8 Å². The van der Waals surface area contributed by atoms with Gasteiger partial charge in [0, 0.05) is 13.0 Å². The first-order valence-electron chi connectivity index (χ1n) is 7.99. The molecule has 0 aliphatic carbocycles. The van der Waals surface area contributed by atoms with Gasteiger partial charge in [0.1, 0.15) is 18.1 Å². The Labute approximate surface area is 149 Å². The van der Waals surface area contributed by atoms with E-state index in [1.165, 1.54) is 25.1 Å². The zero-order chi connectivity index (χ0) is 19.2. The van der Waals surface area contributed by atoms with Crippen molar-refractivity contribution in [3.05, 3.63) is 59.2 Å². The molecule has 140 valence electrons. The minimum atomic E-state index is -4.41. The Hall–Kier alpha value is -2.54. The van der Waals surface area contributed by atoms with Crippen molar-refractivity contribution in [2.45, 2.75) is 26.1 Å². The van der Waals surface area contributed by atoms with Crippen LogP contribution >= 0.6 is 0 Å². The molecule has 0 aliphatic heterocycles. The van der Waals surface area contributed by atoms with Gasteiger partial charge in [0.25, 0.3) is 0 Å². The summed E-state index contributed by atoms with van der Waals surface area (Å²) in [4.78, 5) is 11.8. The molecular weight excluding hydrogens is 349 g/mol. The van der Waals surface area contributed by atoms with Gasteiger partial charge in [0.05, 0.1) is 17.7 Å². The van der Waals surface area contributed by atoms with E-state index in [1.807, 2.05) is 0 Å². The molecule has 1 N–H and O–H groups in total. The molecular formula is C19H19F3O4. The number of hydrogen-bond acceptors (Lipinski definition) is 4. The number of ketones is 1. The Bertz CT molecular complexity index is 757. The standard InChI is InChI=1S/C19H19F3O4/c1-13(24)17-11-16(6-7-18(17)25-9-3-8-23)26-12-14-4-2-5-15(10-14)19(20,21)22/h2,4-7,10-11,23H,3,8-9,12H2,1H3. The Morgan fingerprint density at radius 2 is 1.88 bits per heavy atom. The summed E-state index contributed by atoms with van der Waals surface area (Å²) in [5.41, 5.74) is -0.0624. The van der Waals surface area contributed by atoms with Crippen molar-refractivity contribution in [2.75, 3.05) is 13.2 Å². The second-order valence-electron chi connectivity index (χ2n) is 5.63. The highest BCUT2D eigenvalue weighted by Gasteiger charge is 2.30. The summed E-state index contributed by atoms with van der Waals surface area (Å²) in [6.07, 6.45) is -3.98. The van der Waals surface area contributed by atoms with Crippen LogP contribution in [0.3, 0.4) is 0 Å². The van der Waals surface area contributed by atoms with Crippen molar-refractivity contribution in [1.29, 1.82) is 0 Å². The van der Waals surface area contributed by atoms with Crippen LogP contribution in [0.1, 0.15) is 34.8 Å². The summed E-state index contributed by atoms with van der Waals surface area (Å²) in [6, 6.07) is 9.51. The number of hydrogen-bond donors (Lipinski definition) is 1. The number of ether oxygens (including phenoxy) is 2. The van der Waals surface area contributed by atoms with E-state index in [4.69, 9.17) is 14.6 Å². The molecule has 2 rings (SSSR count). The first kappa shape index (κ1) is 19.8. The van der Waals surface area contributed by atoms with E-state index in [2.05, 4.69) is 0 Å². The maximum absolute atomic E-state index is 12.7. The van der Waals surface area contributed by atoms with Crippen LogP contribution in [0.4, 0.5) is 13.2 Å². The van der Waals surface area contributed by atoms with Gasteiger partial charge in [0.15, 0.2) is 5.78 Å². The second kappa shape index (κ2) is 8.71. The number of aliphatic hydroxyl groups is 1. The van der Waals surface area contributed by atoms with E-state index in [0.29, 0.717) is 29.0 Å². The molecule has 2 aromatic carbocycles. The van der Waals surface area contributed by atoms with Gasteiger partial charge in [-0.05, 0) is 42.8 Å². The van der Waals surface area contributed by atoms with Gasteiger partial charge < -0.3 is 14.6 Å². The van der Waals surface area contributed by atoms with Crippen LogP contribution in [0, 0.1) is 0 Å². The Morgan fingerprint density at radius 3 is 2.54 bits per heavy atom. The van der Waals surface area contributed by atoms with Crippen LogP contribution in [0.5, 0.6) is 11.5 Å². The normalized spacial score (nSPS) is 11.3. The largest absolute Gasteiger partial charge is 0.493 e. The minimum absolute atomic E-state index is 0.0202. The summed E-state index contributed by atoms with van der Waals surface area (Å²) in [5.74, 6) is 0.494. The molecule has 4 nitrogen and oxygen atoms in total. The first-order chi connectivity index (χ1) is 12.3. The van der Waals surface area contributed by atoms with Crippen molar-refractivity contribution in [1.82, 2.24) is 0 Å². The van der Waals surface area contributed by atoms with Gasteiger partial charge in [-0.15, -0.1) is 0 Å². The molecule has 0 spiro atoms. The van der Waals surface area contributed by atoms with Gasteiger partial charge in [0.2, 0.25) is 0 Å². The Balaban J connectivity index is 2.10. The molecule has 26 heavy (non-hydrogen) atoms. The van der Waals surface area contributed by atoms with E-state index in [-0.39, 0.29) is 25.6 Å². The molecule has 0 atom stereocenters. The summed E-state index contributed by atoms with van der Waals surface area (Å²) < 4.78 is 49.2. The molecule has 0 unspecified atom stereocenters. The third kappa shape index (κ3) is 5.49. The highest BCUT2D eigenvalue weighted by molar-refractivity contribution is 5.97. The predicted octanol–water partition coefficient (Wildman–Crippen LogP) is 4.25. The molecule has 2 aromatic rings. The molecule has 0 amide bonds. The van der Waals surface area contributed by atoms with Crippen LogP contribution in [0.2, 0.25) is 0 Å². The molecule has 7 heteroatoms. The summed E-state index contributed by atoms with van der Waals surface area (Å²) in [7, 11) is 0. The van der Waals surface area contributed by atoms with E-state index < -0.39 is 11.7 Å².